The molecular formula is C20H22N2O3. The van der Waals surface area contributed by atoms with E-state index in [1.807, 2.05) is 48.5 Å². The van der Waals surface area contributed by atoms with Crippen molar-refractivity contribution in [1.29, 1.82) is 0 Å². The zero-order valence-electron chi connectivity index (χ0n) is 14.2. The van der Waals surface area contributed by atoms with Gasteiger partial charge in [0.1, 0.15) is 6.04 Å². The van der Waals surface area contributed by atoms with Crippen LogP contribution in [0.3, 0.4) is 0 Å². The lowest BCUT2D eigenvalue weighted by molar-refractivity contribution is -0.126. The normalized spacial score (nSPS) is 15.6. The summed E-state index contributed by atoms with van der Waals surface area (Å²) in [6.45, 7) is 2.02. The number of nitrogens with one attached hydrogen (secondary N) is 1. The zero-order chi connectivity index (χ0) is 17.8. The summed E-state index contributed by atoms with van der Waals surface area (Å²) in [4.78, 5) is 27.2. The molecule has 5 heteroatoms. The minimum atomic E-state index is -0.615. The van der Waals surface area contributed by atoms with E-state index < -0.39 is 6.04 Å². The third-order valence-electron chi connectivity index (χ3n) is 4.46. The Bertz CT molecular complexity index is 761. The molecule has 0 bridgehead atoms. The van der Waals surface area contributed by atoms with Crippen molar-refractivity contribution in [3.05, 3.63) is 71.3 Å². The van der Waals surface area contributed by atoms with E-state index in [9.17, 15) is 14.7 Å². The number of fused-ring (bicyclic) bond motifs is 1. The Morgan fingerprint density at radius 3 is 2.52 bits per heavy atom. The van der Waals surface area contributed by atoms with E-state index in [-0.39, 0.29) is 24.5 Å². The largest absolute Gasteiger partial charge is 0.394 e. The molecule has 0 fully saturated rings. The molecular weight excluding hydrogens is 316 g/mol. The smallest absolute Gasteiger partial charge is 0.255 e. The van der Waals surface area contributed by atoms with Crippen LogP contribution in [0.5, 0.6) is 0 Å². The van der Waals surface area contributed by atoms with E-state index >= 15 is 0 Å². The fraction of sp³-hybridized carbons (Fsp3) is 0.300. The Morgan fingerprint density at radius 1 is 1.16 bits per heavy atom. The number of benzene rings is 2. The van der Waals surface area contributed by atoms with Crippen molar-refractivity contribution in [3.63, 3.8) is 0 Å². The summed E-state index contributed by atoms with van der Waals surface area (Å²) >= 11 is 0. The first-order chi connectivity index (χ1) is 12.1. The van der Waals surface area contributed by atoms with Crippen molar-refractivity contribution in [2.24, 2.45) is 0 Å². The molecule has 1 aliphatic rings. The zero-order valence-corrected chi connectivity index (χ0v) is 14.2. The average molecular weight is 338 g/mol. The quantitative estimate of drug-likeness (QED) is 0.843. The molecule has 2 aromatic rings. The van der Waals surface area contributed by atoms with Crippen LogP contribution in [-0.2, 0) is 17.8 Å². The Morgan fingerprint density at radius 2 is 1.84 bits per heavy atom. The van der Waals surface area contributed by atoms with Gasteiger partial charge in [0.25, 0.3) is 5.91 Å². The van der Waals surface area contributed by atoms with Gasteiger partial charge in [-0.1, -0.05) is 48.5 Å². The maximum Gasteiger partial charge on any atom is 0.255 e. The fourth-order valence-corrected chi connectivity index (χ4v) is 3.10. The minimum absolute atomic E-state index is 0.122. The van der Waals surface area contributed by atoms with Gasteiger partial charge >= 0.3 is 0 Å². The molecule has 0 radical (unpaired) electrons. The second kappa shape index (κ2) is 7.49. The van der Waals surface area contributed by atoms with E-state index in [1.165, 1.54) is 0 Å². The first-order valence-electron chi connectivity index (χ1n) is 8.44. The number of carbonyl (C=O) groups is 2. The molecule has 1 aliphatic heterocycles. The number of nitrogens with zero attached hydrogens (tertiary/aromatic N) is 1. The number of hydrogen-bond donors (Lipinski definition) is 2. The molecule has 2 amide bonds. The molecule has 0 spiro atoms. The van der Waals surface area contributed by atoms with Crippen molar-refractivity contribution < 1.29 is 14.7 Å². The maximum atomic E-state index is 12.8. The van der Waals surface area contributed by atoms with Gasteiger partial charge in [-0.15, -0.1) is 0 Å². The summed E-state index contributed by atoms with van der Waals surface area (Å²) in [5.74, 6) is -0.366. The van der Waals surface area contributed by atoms with Crippen LogP contribution in [0.2, 0.25) is 0 Å². The van der Waals surface area contributed by atoms with Gasteiger partial charge in [0.2, 0.25) is 5.91 Å². The third kappa shape index (κ3) is 3.72. The molecule has 0 saturated heterocycles. The molecule has 2 N–H and O–H groups in total. The summed E-state index contributed by atoms with van der Waals surface area (Å²) in [7, 11) is 0. The highest BCUT2D eigenvalue weighted by atomic mass is 16.3. The Labute approximate surface area is 147 Å². The van der Waals surface area contributed by atoms with Crippen LogP contribution in [0.15, 0.2) is 54.6 Å². The highest BCUT2D eigenvalue weighted by Crippen LogP contribution is 2.26. The number of amides is 2. The van der Waals surface area contributed by atoms with Crippen LogP contribution in [0.1, 0.15) is 28.4 Å². The second-order valence-electron chi connectivity index (χ2n) is 6.39. The van der Waals surface area contributed by atoms with Crippen molar-refractivity contribution in [2.75, 3.05) is 6.61 Å². The topological polar surface area (TPSA) is 69.6 Å². The molecule has 2 atom stereocenters. The van der Waals surface area contributed by atoms with Crippen molar-refractivity contribution in [2.45, 2.75) is 32.0 Å². The third-order valence-corrected chi connectivity index (χ3v) is 4.46. The molecule has 0 unspecified atom stereocenters. The van der Waals surface area contributed by atoms with E-state index in [1.54, 1.807) is 17.9 Å². The SMILES string of the molecule is C[C@H](CO)NC(=O)[C@H](Cc1ccccc1)N1Cc2ccccc2C1=O. The number of aliphatic hydroxyl groups is 1. The van der Waals surface area contributed by atoms with Gasteiger partial charge in [0.15, 0.2) is 0 Å². The summed E-state index contributed by atoms with van der Waals surface area (Å²) < 4.78 is 0. The van der Waals surface area contributed by atoms with Crippen LogP contribution in [0, 0.1) is 0 Å². The highest BCUT2D eigenvalue weighted by molar-refractivity contribution is 6.01. The molecule has 25 heavy (non-hydrogen) atoms. The summed E-state index contributed by atoms with van der Waals surface area (Å²) in [6.07, 6.45) is 0.435. The van der Waals surface area contributed by atoms with Crippen LogP contribution in [-0.4, -0.2) is 40.5 Å². The number of hydrogen-bond acceptors (Lipinski definition) is 3. The monoisotopic (exact) mass is 338 g/mol. The second-order valence-corrected chi connectivity index (χ2v) is 6.39. The molecule has 1 heterocycles. The molecule has 2 aromatic carbocycles. The molecule has 5 nitrogen and oxygen atoms in total. The predicted molar refractivity (Wildman–Crippen MR) is 94.9 cm³/mol. The van der Waals surface area contributed by atoms with Crippen molar-refractivity contribution >= 4 is 11.8 Å². The first-order valence-corrected chi connectivity index (χ1v) is 8.44. The van der Waals surface area contributed by atoms with E-state index in [0.717, 1.165) is 11.1 Å². The van der Waals surface area contributed by atoms with E-state index in [2.05, 4.69) is 5.32 Å². The molecule has 3 rings (SSSR count). The van der Waals surface area contributed by atoms with Gasteiger partial charge in [-0.2, -0.15) is 0 Å². The van der Waals surface area contributed by atoms with Crippen LogP contribution in [0.4, 0.5) is 0 Å². The van der Waals surface area contributed by atoms with Crippen LogP contribution in [0.25, 0.3) is 0 Å². The van der Waals surface area contributed by atoms with Gasteiger partial charge in [0, 0.05) is 24.6 Å². The Balaban J connectivity index is 1.86. The van der Waals surface area contributed by atoms with Gasteiger partial charge in [-0.05, 0) is 24.1 Å². The Kier molecular flexibility index (Phi) is 5.14. The van der Waals surface area contributed by atoms with Gasteiger partial charge in [0.05, 0.1) is 6.61 Å². The standard InChI is InChI=1S/C20H22N2O3/c1-14(13-23)21-19(24)18(11-15-7-3-2-4-8-15)22-12-16-9-5-6-10-17(16)20(22)25/h2-10,14,18,23H,11-13H2,1H3,(H,21,24)/t14-,18+/m1/s1. The first kappa shape index (κ1) is 17.2. The summed E-state index contributed by atoms with van der Waals surface area (Å²) in [6, 6.07) is 16.1. The molecule has 130 valence electrons. The van der Waals surface area contributed by atoms with Crippen molar-refractivity contribution in [1.82, 2.24) is 10.2 Å². The lowest BCUT2D eigenvalue weighted by Crippen LogP contribution is -2.51. The summed E-state index contributed by atoms with van der Waals surface area (Å²) in [5.41, 5.74) is 2.58. The molecule has 0 aromatic heterocycles. The Hall–Kier alpha value is -2.66. The average Bonchev–Trinajstić information content (AvgIpc) is 2.97. The fourth-order valence-electron chi connectivity index (χ4n) is 3.10. The van der Waals surface area contributed by atoms with E-state index in [0.29, 0.717) is 18.5 Å². The number of aliphatic hydroxyl groups excluding tert-OH is 1. The maximum absolute atomic E-state index is 12.8. The van der Waals surface area contributed by atoms with E-state index in [4.69, 9.17) is 0 Å². The van der Waals surface area contributed by atoms with Gasteiger partial charge in [-0.25, -0.2) is 0 Å². The number of rotatable bonds is 6. The number of carbonyl (C=O) groups excluding carboxylic acids is 2. The lowest BCUT2D eigenvalue weighted by atomic mass is 10.0. The molecule has 0 saturated carbocycles. The van der Waals surface area contributed by atoms with Crippen molar-refractivity contribution in [3.8, 4) is 0 Å². The predicted octanol–water partition coefficient (Wildman–Crippen LogP) is 1.75. The lowest BCUT2D eigenvalue weighted by Gasteiger charge is -2.28. The highest BCUT2D eigenvalue weighted by Gasteiger charge is 2.36. The molecule has 0 aliphatic carbocycles. The van der Waals surface area contributed by atoms with Gasteiger partial charge < -0.3 is 15.3 Å². The summed E-state index contributed by atoms with van der Waals surface area (Å²) in [5, 5.41) is 12.0. The van der Waals surface area contributed by atoms with Gasteiger partial charge in [-0.3, -0.25) is 9.59 Å². The van der Waals surface area contributed by atoms with Crippen LogP contribution < -0.4 is 5.32 Å². The minimum Gasteiger partial charge on any atom is -0.394 e. The van der Waals surface area contributed by atoms with Crippen LogP contribution >= 0.6 is 0 Å².